The van der Waals surface area contributed by atoms with Gasteiger partial charge in [-0.15, -0.1) is 0 Å². The number of fused-ring (bicyclic) bond motifs is 1. The van der Waals surface area contributed by atoms with Gasteiger partial charge in [0.15, 0.2) is 5.78 Å². The van der Waals surface area contributed by atoms with Crippen LogP contribution in [0.4, 0.5) is 5.69 Å². The van der Waals surface area contributed by atoms with Crippen LogP contribution in [-0.4, -0.2) is 25.3 Å². The first-order valence-electron chi connectivity index (χ1n) is 7.24. The lowest BCUT2D eigenvalue weighted by atomic mass is 9.99. The molecular weight excluding hydrogens is 278 g/mol. The minimum absolute atomic E-state index is 0.00474. The molecule has 1 heterocycles. The van der Waals surface area contributed by atoms with E-state index in [1.54, 1.807) is 18.1 Å². The third-order valence-corrected chi connectivity index (χ3v) is 3.87. The molecule has 0 aromatic heterocycles. The van der Waals surface area contributed by atoms with Crippen LogP contribution < -0.4 is 9.64 Å². The number of methoxy groups -OCH3 is 1. The van der Waals surface area contributed by atoms with Crippen molar-refractivity contribution in [3.8, 4) is 5.75 Å². The molecule has 0 N–H and O–H groups in total. The summed E-state index contributed by atoms with van der Waals surface area (Å²) in [4.78, 5) is 26.2. The average Bonchev–Trinajstić information content (AvgIpc) is 2.56. The molecule has 0 spiro atoms. The Morgan fingerprint density at radius 3 is 2.59 bits per heavy atom. The summed E-state index contributed by atoms with van der Waals surface area (Å²) in [6.07, 6.45) is 0.692. The number of carbonyl (C=O) groups excluding carboxylic acids is 2. The van der Waals surface area contributed by atoms with Crippen LogP contribution >= 0.6 is 0 Å². The van der Waals surface area contributed by atoms with Crippen LogP contribution in [0.2, 0.25) is 0 Å². The Hall–Kier alpha value is -2.62. The molecule has 0 radical (unpaired) electrons. The Labute approximate surface area is 129 Å². The Bertz CT molecular complexity index is 707. The maximum Gasteiger partial charge on any atom is 0.231 e. The van der Waals surface area contributed by atoms with Crippen molar-refractivity contribution >= 4 is 17.4 Å². The van der Waals surface area contributed by atoms with Crippen molar-refractivity contribution < 1.29 is 14.3 Å². The number of benzene rings is 2. The number of amides is 1. The minimum Gasteiger partial charge on any atom is -0.497 e. The fraction of sp³-hybridized carbons (Fsp3) is 0.222. The van der Waals surface area contributed by atoms with Crippen molar-refractivity contribution in [2.45, 2.75) is 12.8 Å². The molecular formula is C18H17NO3. The van der Waals surface area contributed by atoms with Crippen LogP contribution in [0.3, 0.4) is 0 Å². The van der Waals surface area contributed by atoms with E-state index in [0.29, 0.717) is 24.9 Å². The Balaban J connectivity index is 1.80. The van der Waals surface area contributed by atoms with E-state index in [-0.39, 0.29) is 11.7 Å². The molecule has 0 atom stereocenters. The lowest BCUT2D eigenvalue weighted by Crippen LogP contribution is -2.38. The fourth-order valence-corrected chi connectivity index (χ4v) is 2.69. The van der Waals surface area contributed by atoms with Crippen molar-refractivity contribution in [1.29, 1.82) is 0 Å². The van der Waals surface area contributed by atoms with Gasteiger partial charge in [0.05, 0.1) is 19.2 Å². The van der Waals surface area contributed by atoms with Gasteiger partial charge in [-0.25, -0.2) is 0 Å². The first kappa shape index (κ1) is 14.3. The fourth-order valence-electron chi connectivity index (χ4n) is 2.69. The van der Waals surface area contributed by atoms with E-state index in [9.17, 15) is 9.59 Å². The first-order chi connectivity index (χ1) is 10.7. The van der Waals surface area contributed by atoms with Crippen molar-refractivity contribution in [2.75, 3.05) is 18.6 Å². The van der Waals surface area contributed by atoms with Gasteiger partial charge in [-0.05, 0) is 29.8 Å². The Morgan fingerprint density at radius 2 is 1.86 bits per heavy atom. The number of hydrogen-bond acceptors (Lipinski definition) is 3. The molecule has 3 rings (SSSR count). The molecule has 2 aromatic carbocycles. The van der Waals surface area contributed by atoms with Crippen LogP contribution in [0.25, 0.3) is 0 Å². The largest absolute Gasteiger partial charge is 0.497 e. The predicted octanol–water partition coefficient (Wildman–Crippen LogP) is 2.86. The molecule has 2 aromatic rings. The normalized spacial score (nSPS) is 13.7. The highest BCUT2D eigenvalue weighted by Crippen LogP contribution is 2.27. The number of para-hydroxylation sites is 1. The zero-order valence-corrected chi connectivity index (χ0v) is 12.4. The third-order valence-electron chi connectivity index (χ3n) is 3.87. The lowest BCUT2D eigenvalue weighted by Gasteiger charge is -2.28. The summed E-state index contributed by atoms with van der Waals surface area (Å²) < 4.78 is 5.12. The summed E-state index contributed by atoms with van der Waals surface area (Å²) in [5, 5.41) is 0. The molecule has 0 aliphatic carbocycles. The van der Waals surface area contributed by atoms with Crippen LogP contribution in [0.5, 0.6) is 5.75 Å². The number of hydrogen-bond donors (Lipinski definition) is 0. The van der Waals surface area contributed by atoms with E-state index in [0.717, 1.165) is 17.0 Å². The van der Waals surface area contributed by atoms with Gasteiger partial charge in [-0.2, -0.15) is 0 Å². The standard InChI is InChI=1S/C18H17NO3/c1-22-14-8-6-13(7-9-14)12-18(21)19-11-10-17(20)15-4-2-3-5-16(15)19/h2-9H,10-12H2,1H3. The van der Waals surface area contributed by atoms with E-state index in [1.165, 1.54) is 0 Å². The van der Waals surface area contributed by atoms with E-state index in [1.807, 2.05) is 42.5 Å². The quantitative estimate of drug-likeness (QED) is 0.874. The smallest absolute Gasteiger partial charge is 0.231 e. The van der Waals surface area contributed by atoms with E-state index in [4.69, 9.17) is 4.74 Å². The molecule has 22 heavy (non-hydrogen) atoms. The summed E-state index contributed by atoms with van der Waals surface area (Å²) in [5.74, 6) is 0.874. The number of ether oxygens (including phenoxy) is 1. The lowest BCUT2D eigenvalue weighted by molar-refractivity contribution is -0.118. The second-order valence-electron chi connectivity index (χ2n) is 5.26. The zero-order chi connectivity index (χ0) is 15.5. The number of nitrogens with zero attached hydrogens (tertiary/aromatic N) is 1. The van der Waals surface area contributed by atoms with Gasteiger partial charge in [0.25, 0.3) is 0 Å². The Kier molecular flexibility index (Phi) is 3.92. The van der Waals surface area contributed by atoms with E-state index >= 15 is 0 Å². The van der Waals surface area contributed by atoms with Crippen LogP contribution in [0.1, 0.15) is 22.3 Å². The molecule has 0 fully saturated rings. The average molecular weight is 295 g/mol. The second-order valence-corrected chi connectivity index (χ2v) is 5.26. The monoisotopic (exact) mass is 295 g/mol. The topological polar surface area (TPSA) is 46.6 Å². The minimum atomic E-state index is 0.00474. The molecule has 112 valence electrons. The number of Topliss-reactive ketones (excluding diaryl/α,β-unsaturated/α-hetero) is 1. The van der Waals surface area contributed by atoms with Gasteiger partial charge in [0.1, 0.15) is 5.75 Å². The van der Waals surface area contributed by atoms with E-state index in [2.05, 4.69) is 0 Å². The van der Waals surface area contributed by atoms with Crippen molar-refractivity contribution in [3.63, 3.8) is 0 Å². The third kappa shape index (κ3) is 2.72. The zero-order valence-electron chi connectivity index (χ0n) is 12.4. The van der Waals surface area contributed by atoms with Gasteiger partial charge >= 0.3 is 0 Å². The SMILES string of the molecule is COc1ccc(CC(=O)N2CCC(=O)c3ccccc32)cc1. The van der Waals surface area contributed by atoms with Crippen LogP contribution in [0, 0.1) is 0 Å². The van der Waals surface area contributed by atoms with Crippen molar-refractivity contribution in [1.82, 2.24) is 0 Å². The van der Waals surface area contributed by atoms with Crippen LogP contribution in [0.15, 0.2) is 48.5 Å². The highest BCUT2D eigenvalue weighted by molar-refractivity contribution is 6.09. The van der Waals surface area contributed by atoms with Gasteiger partial charge < -0.3 is 9.64 Å². The molecule has 1 aliphatic rings. The highest BCUT2D eigenvalue weighted by Gasteiger charge is 2.26. The second kappa shape index (κ2) is 6.02. The molecule has 0 saturated heterocycles. The Morgan fingerprint density at radius 1 is 1.14 bits per heavy atom. The number of rotatable bonds is 3. The maximum atomic E-state index is 12.6. The molecule has 0 saturated carbocycles. The van der Waals surface area contributed by atoms with Gasteiger partial charge in [0, 0.05) is 18.5 Å². The first-order valence-corrected chi connectivity index (χ1v) is 7.24. The molecule has 4 nitrogen and oxygen atoms in total. The number of carbonyl (C=O) groups is 2. The molecule has 1 aliphatic heterocycles. The van der Waals surface area contributed by atoms with Crippen molar-refractivity contribution in [2.24, 2.45) is 0 Å². The summed E-state index contributed by atoms with van der Waals surface area (Å²) in [7, 11) is 1.61. The van der Waals surface area contributed by atoms with Crippen LogP contribution in [-0.2, 0) is 11.2 Å². The summed E-state index contributed by atoms with van der Waals surface area (Å²) in [5.41, 5.74) is 2.29. The highest BCUT2D eigenvalue weighted by atomic mass is 16.5. The number of anilines is 1. The number of ketones is 1. The summed E-state index contributed by atoms with van der Waals surface area (Å²) in [6, 6.07) is 14.8. The van der Waals surface area contributed by atoms with Crippen molar-refractivity contribution in [3.05, 3.63) is 59.7 Å². The predicted molar refractivity (Wildman–Crippen MR) is 84.4 cm³/mol. The molecule has 0 bridgehead atoms. The van der Waals surface area contributed by atoms with E-state index < -0.39 is 0 Å². The molecule has 0 unspecified atom stereocenters. The van der Waals surface area contributed by atoms with Gasteiger partial charge in [-0.1, -0.05) is 24.3 Å². The molecule has 1 amide bonds. The summed E-state index contributed by atoms with van der Waals surface area (Å²) in [6.45, 7) is 0.449. The molecule has 4 heteroatoms. The maximum absolute atomic E-state index is 12.6. The van der Waals surface area contributed by atoms with Gasteiger partial charge in [-0.3, -0.25) is 9.59 Å². The summed E-state index contributed by atoms with van der Waals surface area (Å²) >= 11 is 0. The van der Waals surface area contributed by atoms with Gasteiger partial charge in [0.2, 0.25) is 5.91 Å².